The van der Waals surface area contributed by atoms with Gasteiger partial charge in [0.15, 0.2) is 13.2 Å². The molecule has 0 aliphatic carbocycles. The second-order valence-electron chi connectivity index (χ2n) is 11.9. The first-order valence-corrected chi connectivity index (χ1v) is 17.0. The van der Waals surface area contributed by atoms with Crippen LogP contribution in [-0.4, -0.2) is 38.4 Å². The van der Waals surface area contributed by atoms with E-state index in [4.69, 9.17) is 18.9 Å². The SMILES string of the molecule is CCCCC(CC)COC(=O)COc1c2ccccc2c(OCC(=O)OCC(CC)CCCC)c2c(CC)cc(CC)cc12. The Hall–Kier alpha value is -3.28. The highest BCUT2D eigenvalue weighted by Crippen LogP contribution is 2.45. The maximum Gasteiger partial charge on any atom is 0.344 e. The Morgan fingerprint density at radius 1 is 0.659 bits per heavy atom. The number of carbonyl (C=O) groups excluding carboxylic acids is 2. The van der Waals surface area contributed by atoms with E-state index in [1.807, 2.05) is 24.3 Å². The third kappa shape index (κ3) is 9.61. The molecule has 0 aromatic heterocycles. The lowest BCUT2D eigenvalue weighted by molar-refractivity contribution is -0.148. The summed E-state index contributed by atoms with van der Waals surface area (Å²) in [6.07, 6.45) is 10.2. The Balaban J connectivity index is 1.92. The third-order valence-electron chi connectivity index (χ3n) is 8.67. The monoisotopic (exact) mass is 606 g/mol. The third-order valence-corrected chi connectivity index (χ3v) is 8.67. The maximum absolute atomic E-state index is 12.8. The van der Waals surface area contributed by atoms with Crippen molar-refractivity contribution in [3.63, 3.8) is 0 Å². The molecule has 3 aromatic rings. The van der Waals surface area contributed by atoms with Crippen LogP contribution in [0.15, 0.2) is 36.4 Å². The molecule has 6 nitrogen and oxygen atoms in total. The van der Waals surface area contributed by atoms with Gasteiger partial charge in [-0.05, 0) is 54.7 Å². The quantitative estimate of drug-likeness (QED) is 0.0943. The molecule has 0 radical (unpaired) electrons. The highest BCUT2D eigenvalue weighted by Gasteiger charge is 2.22. The molecule has 0 heterocycles. The number of benzene rings is 3. The van der Waals surface area contributed by atoms with E-state index in [0.717, 1.165) is 91.3 Å². The molecule has 0 bridgehead atoms. The second kappa shape index (κ2) is 18.5. The van der Waals surface area contributed by atoms with Crippen LogP contribution in [0.1, 0.15) is 104 Å². The Bertz CT molecular complexity index is 1350. The van der Waals surface area contributed by atoms with Crippen LogP contribution in [0.2, 0.25) is 0 Å². The lowest BCUT2D eigenvalue weighted by atomic mass is 9.93. The minimum atomic E-state index is -0.369. The summed E-state index contributed by atoms with van der Waals surface area (Å²) in [5.41, 5.74) is 2.27. The first kappa shape index (κ1) is 35.2. The van der Waals surface area contributed by atoms with Gasteiger partial charge in [0.2, 0.25) is 0 Å². The van der Waals surface area contributed by atoms with Crippen molar-refractivity contribution >= 4 is 33.5 Å². The molecule has 3 aromatic carbocycles. The molecule has 6 heteroatoms. The topological polar surface area (TPSA) is 71.1 Å². The van der Waals surface area contributed by atoms with Gasteiger partial charge >= 0.3 is 11.9 Å². The van der Waals surface area contributed by atoms with Gasteiger partial charge in [-0.25, -0.2) is 9.59 Å². The first-order chi connectivity index (χ1) is 21.4. The molecule has 0 fully saturated rings. The van der Waals surface area contributed by atoms with Crippen LogP contribution in [0.25, 0.3) is 21.5 Å². The van der Waals surface area contributed by atoms with Crippen molar-refractivity contribution in [2.45, 2.75) is 106 Å². The average molecular weight is 607 g/mol. The number of fused-ring (bicyclic) bond motifs is 2. The summed E-state index contributed by atoms with van der Waals surface area (Å²) in [5.74, 6) is 1.27. The van der Waals surface area contributed by atoms with Gasteiger partial charge in [0, 0.05) is 21.5 Å². The number of ether oxygens (including phenoxy) is 4. The number of aryl methyl sites for hydroxylation is 2. The molecule has 2 unspecified atom stereocenters. The standard InChI is InChI=1S/C38H54O6/c1-7-13-17-27(9-3)23-41-34(39)25-43-37-31-19-15-16-20-32(31)38(36-30(12-6)21-29(11-5)22-33(36)37)44-26-35(40)42-24-28(10-4)18-14-8-2/h15-16,19-22,27-28H,7-14,17-18,23-26H2,1-6H3. The van der Waals surface area contributed by atoms with Crippen LogP contribution in [0.3, 0.4) is 0 Å². The Morgan fingerprint density at radius 2 is 1.18 bits per heavy atom. The van der Waals surface area contributed by atoms with E-state index in [1.165, 1.54) is 5.56 Å². The summed E-state index contributed by atoms with van der Waals surface area (Å²) in [4.78, 5) is 25.7. The fourth-order valence-corrected chi connectivity index (χ4v) is 5.73. The lowest BCUT2D eigenvalue weighted by Crippen LogP contribution is -2.20. The van der Waals surface area contributed by atoms with Gasteiger partial charge in [-0.3, -0.25) is 0 Å². The van der Waals surface area contributed by atoms with Gasteiger partial charge < -0.3 is 18.9 Å². The van der Waals surface area contributed by atoms with Gasteiger partial charge in [0.1, 0.15) is 11.5 Å². The number of carbonyl (C=O) groups is 2. The predicted molar refractivity (Wildman–Crippen MR) is 180 cm³/mol. The Morgan fingerprint density at radius 3 is 1.66 bits per heavy atom. The van der Waals surface area contributed by atoms with E-state index in [-0.39, 0.29) is 25.2 Å². The minimum Gasteiger partial charge on any atom is -0.481 e. The van der Waals surface area contributed by atoms with Crippen molar-refractivity contribution in [1.82, 2.24) is 0 Å². The maximum atomic E-state index is 12.8. The largest absolute Gasteiger partial charge is 0.481 e. The molecule has 0 aliphatic rings. The fourth-order valence-electron chi connectivity index (χ4n) is 5.73. The summed E-state index contributed by atoms with van der Waals surface area (Å²) >= 11 is 0. The molecule has 0 N–H and O–H groups in total. The number of unbranched alkanes of at least 4 members (excludes halogenated alkanes) is 2. The second-order valence-corrected chi connectivity index (χ2v) is 11.9. The van der Waals surface area contributed by atoms with Gasteiger partial charge in [-0.1, -0.05) is 110 Å². The van der Waals surface area contributed by atoms with Gasteiger partial charge in [0.05, 0.1) is 13.2 Å². The molecule has 0 amide bonds. The zero-order valence-corrected chi connectivity index (χ0v) is 28.0. The molecule has 44 heavy (non-hydrogen) atoms. The summed E-state index contributed by atoms with van der Waals surface area (Å²) in [6, 6.07) is 12.2. The molecule has 2 atom stereocenters. The molecule has 0 saturated heterocycles. The van der Waals surface area contributed by atoms with E-state index >= 15 is 0 Å². The molecule has 3 rings (SSSR count). The molecular weight excluding hydrogens is 552 g/mol. The minimum absolute atomic E-state index is 0.175. The molecule has 0 aliphatic heterocycles. The van der Waals surface area contributed by atoms with Gasteiger partial charge in [-0.15, -0.1) is 0 Å². The molecule has 0 spiro atoms. The normalized spacial score (nSPS) is 12.7. The van der Waals surface area contributed by atoms with E-state index in [1.54, 1.807) is 0 Å². The number of hydrogen-bond acceptors (Lipinski definition) is 6. The highest BCUT2D eigenvalue weighted by atomic mass is 16.6. The van der Waals surface area contributed by atoms with E-state index < -0.39 is 0 Å². The molecular formula is C38H54O6. The van der Waals surface area contributed by atoms with Crippen molar-refractivity contribution < 1.29 is 28.5 Å². The van der Waals surface area contributed by atoms with Gasteiger partial charge in [-0.2, -0.15) is 0 Å². The van der Waals surface area contributed by atoms with Crippen molar-refractivity contribution in [3.05, 3.63) is 47.5 Å². The summed E-state index contributed by atoms with van der Waals surface area (Å²) in [7, 11) is 0. The number of rotatable bonds is 20. The van der Waals surface area contributed by atoms with Crippen LogP contribution in [0.4, 0.5) is 0 Å². The molecule has 242 valence electrons. The van der Waals surface area contributed by atoms with Gasteiger partial charge in [0.25, 0.3) is 0 Å². The fraction of sp³-hybridized carbons (Fsp3) is 0.579. The first-order valence-electron chi connectivity index (χ1n) is 17.0. The van der Waals surface area contributed by atoms with Crippen LogP contribution < -0.4 is 9.47 Å². The lowest BCUT2D eigenvalue weighted by Gasteiger charge is -2.21. The molecule has 0 saturated carbocycles. The smallest absolute Gasteiger partial charge is 0.344 e. The van der Waals surface area contributed by atoms with Crippen LogP contribution in [0, 0.1) is 11.8 Å². The summed E-state index contributed by atoms with van der Waals surface area (Å²) in [6.45, 7) is 13.3. The van der Waals surface area contributed by atoms with E-state index in [0.29, 0.717) is 36.5 Å². The number of esters is 2. The zero-order chi connectivity index (χ0) is 31.9. The highest BCUT2D eigenvalue weighted by molar-refractivity contribution is 6.12. The van der Waals surface area contributed by atoms with Crippen LogP contribution in [0.5, 0.6) is 11.5 Å². The van der Waals surface area contributed by atoms with Crippen LogP contribution >= 0.6 is 0 Å². The van der Waals surface area contributed by atoms with E-state index in [9.17, 15) is 9.59 Å². The van der Waals surface area contributed by atoms with Crippen molar-refractivity contribution in [3.8, 4) is 11.5 Å². The number of hydrogen-bond donors (Lipinski definition) is 0. The average Bonchev–Trinajstić information content (AvgIpc) is 3.05. The van der Waals surface area contributed by atoms with Crippen molar-refractivity contribution in [2.24, 2.45) is 11.8 Å². The van der Waals surface area contributed by atoms with Crippen molar-refractivity contribution in [1.29, 1.82) is 0 Å². The van der Waals surface area contributed by atoms with Crippen LogP contribution in [-0.2, 0) is 31.9 Å². The summed E-state index contributed by atoms with van der Waals surface area (Å²) in [5, 5.41) is 3.43. The predicted octanol–water partition coefficient (Wildman–Crippen LogP) is 9.39. The Kier molecular flexibility index (Phi) is 14.8. The zero-order valence-electron chi connectivity index (χ0n) is 28.0. The van der Waals surface area contributed by atoms with Crippen molar-refractivity contribution in [2.75, 3.05) is 26.4 Å². The van der Waals surface area contributed by atoms with E-state index in [2.05, 4.69) is 53.7 Å². The summed E-state index contributed by atoms with van der Waals surface area (Å²) < 4.78 is 23.9. The Labute approximate surface area is 264 Å².